The maximum absolute atomic E-state index is 13.2. The molecule has 114 valence electrons. The first-order valence-corrected chi connectivity index (χ1v) is 7.65. The van der Waals surface area contributed by atoms with Crippen LogP contribution in [0.15, 0.2) is 18.2 Å². The molecule has 0 saturated carbocycles. The summed E-state index contributed by atoms with van der Waals surface area (Å²) in [5.74, 6) is -0.401. The molecule has 21 heavy (non-hydrogen) atoms. The van der Waals surface area contributed by atoms with Crippen LogP contribution in [-0.4, -0.2) is 36.0 Å². The van der Waals surface area contributed by atoms with Crippen molar-refractivity contribution in [2.45, 2.75) is 44.8 Å². The van der Waals surface area contributed by atoms with E-state index in [9.17, 15) is 9.18 Å². The first kappa shape index (κ1) is 14.5. The highest BCUT2D eigenvalue weighted by Gasteiger charge is 2.33. The van der Waals surface area contributed by atoms with Crippen LogP contribution in [0.5, 0.6) is 0 Å². The second kappa shape index (κ2) is 5.73. The van der Waals surface area contributed by atoms with E-state index in [0.717, 1.165) is 31.5 Å². The van der Waals surface area contributed by atoms with Gasteiger partial charge < -0.3 is 10.2 Å². The number of hydrogen-bond donors (Lipinski definition) is 2. The third-order valence-corrected chi connectivity index (χ3v) is 4.51. The fourth-order valence-electron chi connectivity index (χ4n) is 3.22. The van der Waals surface area contributed by atoms with Crippen molar-refractivity contribution in [2.75, 3.05) is 18.4 Å². The summed E-state index contributed by atoms with van der Waals surface area (Å²) < 4.78 is 13.2. The van der Waals surface area contributed by atoms with Crippen LogP contribution >= 0.6 is 0 Å². The van der Waals surface area contributed by atoms with Crippen molar-refractivity contribution in [3.8, 4) is 0 Å². The molecule has 0 bridgehead atoms. The minimum atomic E-state index is -0.351. The van der Waals surface area contributed by atoms with Crippen molar-refractivity contribution < 1.29 is 9.18 Å². The Balaban J connectivity index is 1.65. The first-order valence-electron chi connectivity index (χ1n) is 7.65. The Morgan fingerprint density at radius 3 is 2.71 bits per heavy atom. The van der Waals surface area contributed by atoms with Crippen LogP contribution in [0.4, 0.5) is 10.1 Å². The van der Waals surface area contributed by atoms with Crippen LogP contribution in [0.3, 0.4) is 0 Å². The van der Waals surface area contributed by atoms with Crippen LogP contribution < -0.4 is 10.6 Å². The maximum atomic E-state index is 13.2. The minimum absolute atomic E-state index is 0.0816. The van der Waals surface area contributed by atoms with Crippen LogP contribution in [0.25, 0.3) is 0 Å². The van der Waals surface area contributed by atoms with Gasteiger partial charge in [0.15, 0.2) is 0 Å². The van der Waals surface area contributed by atoms with E-state index in [0.29, 0.717) is 17.8 Å². The molecule has 2 aliphatic heterocycles. The Hall–Kier alpha value is -1.46. The molecule has 1 aromatic rings. The van der Waals surface area contributed by atoms with Gasteiger partial charge in [0.1, 0.15) is 11.9 Å². The highest BCUT2D eigenvalue weighted by molar-refractivity contribution is 6.02. The molecule has 0 aliphatic carbocycles. The molecule has 1 fully saturated rings. The Kier molecular flexibility index (Phi) is 3.95. The summed E-state index contributed by atoms with van der Waals surface area (Å²) in [5, 5.41) is 6.19. The Morgan fingerprint density at radius 1 is 1.33 bits per heavy atom. The summed E-state index contributed by atoms with van der Waals surface area (Å²) in [7, 11) is 0. The van der Waals surface area contributed by atoms with E-state index in [1.54, 1.807) is 6.07 Å². The van der Waals surface area contributed by atoms with Crippen LogP contribution in [-0.2, 0) is 4.79 Å². The fraction of sp³-hybridized carbons (Fsp3) is 0.562. The molecule has 0 spiro atoms. The van der Waals surface area contributed by atoms with Gasteiger partial charge in [-0.15, -0.1) is 0 Å². The van der Waals surface area contributed by atoms with E-state index < -0.39 is 0 Å². The number of benzene rings is 1. The van der Waals surface area contributed by atoms with Gasteiger partial charge in [0.25, 0.3) is 0 Å². The summed E-state index contributed by atoms with van der Waals surface area (Å²) in [6, 6.07) is 5.06. The minimum Gasteiger partial charge on any atom is -0.324 e. The molecule has 1 amide bonds. The SMILES string of the molecule is CC(C)N1CCC(NC2C(=O)Nc3cc(F)ccc32)CC1. The normalized spacial score (nSPS) is 23.4. The largest absolute Gasteiger partial charge is 0.324 e. The smallest absolute Gasteiger partial charge is 0.246 e. The van der Waals surface area contributed by atoms with Crippen molar-refractivity contribution in [1.82, 2.24) is 10.2 Å². The molecule has 0 radical (unpaired) electrons. The number of amides is 1. The maximum Gasteiger partial charge on any atom is 0.246 e. The topological polar surface area (TPSA) is 44.4 Å². The number of piperidine rings is 1. The lowest BCUT2D eigenvalue weighted by atomic mass is 10.0. The first-order chi connectivity index (χ1) is 10.0. The Morgan fingerprint density at radius 2 is 2.05 bits per heavy atom. The summed E-state index contributed by atoms with van der Waals surface area (Å²) in [5.41, 5.74) is 1.45. The standard InChI is InChI=1S/C16H22FN3O/c1-10(2)20-7-5-12(6-8-20)18-15-13-4-3-11(17)9-14(13)19-16(15)21/h3-4,9-10,12,15,18H,5-8H2,1-2H3,(H,19,21). The molecule has 1 saturated heterocycles. The second-order valence-corrected chi connectivity index (χ2v) is 6.22. The molecule has 5 heteroatoms. The van der Waals surface area contributed by atoms with Crippen molar-refractivity contribution in [3.63, 3.8) is 0 Å². The van der Waals surface area contributed by atoms with Gasteiger partial charge in [-0.3, -0.25) is 10.1 Å². The predicted octanol–water partition coefficient (Wildman–Crippen LogP) is 2.28. The number of rotatable bonds is 3. The third kappa shape index (κ3) is 2.94. The van der Waals surface area contributed by atoms with Crippen LogP contribution in [0.2, 0.25) is 0 Å². The number of halogens is 1. The van der Waals surface area contributed by atoms with Gasteiger partial charge in [-0.2, -0.15) is 0 Å². The number of carbonyl (C=O) groups is 1. The molecule has 1 aromatic carbocycles. The van der Waals surface area contributed by atoms with Gasteiger partial charge in [-0.1, -0.05) is 6.07 Å². The van der Waals surface area contributed by atoms with Crippen LogP contribution in [0.1, 0.15) is 38.3 Å². The van der Waals surface area contributed by atoms with Crippen molar-refractivity contribution in [3.05, 3.63) is 29.6 Å². The Bertz CT molecular complexity index is 538. The molecule has 4 nitrogen and oxygen atoms in total. The monoisotopic (exact) mass is 291 g/mol. The van der Waals surface area contributed by atoms with Crippen LogP contribution in [0, 0.1) is 5.82 Å². The van der Waals surface area contributed by atoms with Crippen molar-refractivity contribution in [2.24, 2.45) is 0 Å². The second-order valence-electron chi connectivity index (χ2n) is 6.22. The number of fused-ring (bicyclic) bond motifs is 1. The molecule has 3 rings (SSSR count). The highest BCUT2D eigenvalue weighted by Crippen LogP contribution is 2.32. The zero-order valence-electron chi connectivity index (χ0n) is 12.5. The molecule has 2 heterocycles. The molecular weight excluding hydrogens is 269 g/mol. The quantitative estimate of drug-likeness (QED) is 0.898. The summed E-state index contributed by atoms with van der Waals surface area (Å²) in [6.07, 6.45) is 2.08. The van der Waals surface area contributed by atoms with Gasteiger partial charge in [-0.25, -0.2) is 4.39 Å². The molecule has 2 N–H and O–H groups in total. The number of nitrogens with zero attached hydrogens (tertiary/aromatic N) is 1. The predicted molar refractivity (Wildman–Crippen MR) is 80.6 cm³/mol. The van der Waals surface area contributed by atoms with Gasteiger partial charge in [0.2, 0.25) is 5.91 Å². The lowest BCUT2D eigenvalue weighted by molar-refractivity contribution is -0.118. The third-order valence-electron chi connectivity index (χ3n) is 4.51. The number of likely N-dealkylation sites (tertiary alicyclic amines) is 1. The fourth-order valence-corrected chi connectivity index (χ4v) is 3.22. The molecular formula is C16H22FN3O. The van der Waals surface area contributed by atoms with E-state index in [1.165, 1.54) is 12.1 Å². The lowest BCUT2D eigenvalue weighted by Gasteiger charge is -2.35. The van der Waals surface area contributed by atoms with E-state index in [-0.39, 0.29) is 17.8 Å². The van der Waals surface area contributed by atoms with E-state index in [2.05, 4.69) is 29.4 Å². The zero-order valence-corrected chi connectivity index (χ0v) is 12.5. The van der Waals surface area contributed by atoms with E-state index >= 15 is 0 Å². The Labute approximate surface area is 124 Å². The summed E-state index contributed by atoms with van der Waals surface area (Å²) in [6.45, 7) is 6.53. The molecule has 1 atom stereocenters. The van der Waals surface area contributed by atoms with E-state index in [4.69, 9.17) is 0 Å². The number of anilines is 1. The molecule has 1 unspecified atom stereocenters. The zero-order chi connectivity index (χ0) is 15.0. The highest BCUT2D eigenvalue weighted by atomic mass is 19.1. The molecule has 2 aliphatic rings. The summed E-state index contributed by atoms with van der Waals surface area (Å²) in [4.78, 5) is 14.5. The van der Waals surface area contributed by atoms with Crippen molar-refractivity contribution >= 4 is 11.6 Å². The lowest BCUT2D eigenvalue weighted by Crippen LogP contribution is -2.46. The average molecular weight is 291 g/mol. The van der Waals surface area contributed by atoms with Gasteiger partial charge in [0.05, 0.1) is 0 Å². The van der Waals surface area contributed by atoms with Crippen molar-refractivity contribution in [1.29, 1.82) is 0 Å². The number of hydrogen-bond acceptors (Lipinski definition) is 3. The number of carbonyl (C=O) groups excluding carboxylic acids is 1. The average Bonchev–Trinajstić information content (AvgIpc) is 2.75. The van der Waals surface area contributed by atoms with Gasteiger partial charge >= 0.3 is 0 Å². The number of nitrogens with one attached hydrogen (secondary N) is 2. The summed E-state index contributed by atoms with van der Waals surface area (Å²) >= 11 is 0. The van der Waals surface area contributed by atoms with Gasteiger partial charge in [-0.05, 0) is 51.9 Å². The molecule has 0 aromatic heterocycles. The van der Waals surface area contributed by atoms with E-state index in [1.807, 2.05) is 0 Å². The van der Waals surface area contributed by atoms with Gasteiger partial charge in [0, 0.05) is 23.3 Å².